The molecule has 2 aromatic carbocycles. The Kier molecular flexibility index (Phi) is 7.07. The zero-order valence-corrected chi connectivity index (χ0v) is 17.5. The van der Waals surface area contributed by atoms with E-state index in [4.69, 9.17) is 5.73 Å². The summed E-state index contributed by atoms with van der Waals surface area (Å²) in [7, 11) is 0. The van der Waals surface area contributed by atoms with E-state index in [-0.39, 0.29) is 23.4 Å². The highest BCUT2D eigenvalue weighted by molar-refractivity contribution is 9.10. The van der Waals surface area contributed by atoms with Crippen molar-refractivity contribution in [2.24, 2.45) is 0 Å². The summed E-state index contributed by atoms with van der Waals surface area (Å²) in [6.45, 7) is 0. The molecular weight excluding hydrogens is 547 g/mol. The topological polar surface area (TPSA) is 75.4 Å². The first kappa shape index (κ1) is 26.1. The molecule has 1 amide bonds. The van der Waals surface area contributed by atoms with E-state index >= 15 is 0 Å². The van der Waals surface area contributed by atoms with Crippen LogP contribution in [0.4, 0.5) is 50.9 Å². The molecule has 0 bridgehead atoms. The lowest BCUT2D eigenvalue weighted by atomic mass is 9.92. The Bertz CT molecular complexity index is 1010. The van der Waals surface area contributed by atoms with Crippen LogP contribution in [0.1, 0.15) is 15.9 Å². The Morgan fingerprint density at radius 1 is 0.969 bits per heavy atom. The maximum Gasteiger partial charge on any atom is 0.446 e. The van der Waals surface area contributed by atoms with Gasteiger partial charge in [-0.15, -0.1) is 0 Å². The number of amides is 1. The van der Waals surface area contributed by atoms with E-state index in [1.54, 1.807) is 0 Å². The molecule has 0 aliphatic rings. The zero-order chi connectivity index (χ0) is 24.7. The lowest BCUT2D eigenvalue weighted by molar-refractivity contribution is -0.376. The molecule has 0 fully saturated rings. The van der Waals surface area contributed by atoms with Gasteiger partial charge in [0.2, 0.25) is 0 Å². The smallest absolute Gasteiger partial charge is 0.399 e. The van der Waals surface area contributed by atoms with Gasteiger partial charge in [-0.3, -0.25) is 4.79 Å². The average molecular weight is 557 g/mol. The first-order chi connectivity index (χ1) is 14.4. The second kappa shape index (κ2) is 8.67. The van der Waals surface area contributed by atoms with Gasteiger partial charge in [-0.2, -0.15) is 39.5 Å². The van der Waals surface area contributed by atoms with E-state index in [1.165, 1.54) is 18.2 Å². The van der Waals surface area contributed by atoms with Gasteiger partial charge < -0.3 is 16.2 Å². The monoisotopic (exact) mass is 556 g/mol. The second-order valence-corrected chi connectivity index (χ2v) is 8.13. The second-order valence-electron chi connectivity index (χ2n) is 6.16. The van der Waals surface area contributed by atoms with Crippen LogP contribution in [0.25, 0.3) is 0 Å². The van der Waals surface area contributed by atoms with Gasteiger partial charge in [-0.1, -0.05) is 6.07 Å². The molecule has 0 saturated heterocycles. The summed E-state index contributed by atoms with van der Waals surface area (Å²) in [5.74, 6) is -1.04. The van der Waals surface area contributed by atoms with Crippen LogP contribution >= 0.6 is 27.7 Å². The van der Waals surface area contributed by atoms with Crippen LogP contribution in [0.5, 0.6) is 0 Å². The number of alkyl halides is 9. The summed E-state index contributed by atoms with van der Waals surface area (Å²) in [6.07, 6.45) is -12.6. The summed E-state index contributed by atoms with van der Waals surface area (Å²) in [5, 5.41) is 11.5. The predicted molar refractivity (Wildman–Crippen MR) is 101 cm³/mol. The number of hydrogen-bond acceptors (Lipinski definition) is 4. The van der Waals surface area contributed by atoms with Gasteiger partial charge in [0, 0.05) is 26.2 Å². The number of carbonyl (C=O) groups excluding carboxylic acids is 1. The third-order valence-corrected chi connectivity index (χ3v) is 5.30. The summed E-state index contributed by atoms with van der Waals surface area (Å²) in [6, 6.07) is 5.06. The standard InChI is InChI=1S/C17H10BrF9N2O2S/c18-10-5-8(14(31,15(19,20)21)16(22,23)24)6-11(32-17(25,26)27)12(10)29-13(30)7-2-1-3-9(28)4-7/h1-6,31H,28H2,(H,29,30). The van der Waals surface area contributed by atoms with Crippen LogP contribution in [0.2, 0.25) is 0 Å². The van der Waals surface area contributed by atoms with Crippen LogP contribution in [-0.4, -0.2) is 28.9 Å². The molecule has 0 atom stereocenters. The molecule has 176 valence electrons. The molecule has 0 saturated carbocycles. The number of nitrogen functional groups attached to an aromatic ring is 1. The van der Waals surface area contributed by atoms with Crippen molar-refractivity contribution >= 4 is 45.0 Å². The highest BCUT2D eigenvalue weighted by atomic mass is 79.9. The van der Waals surface area contributed by atoms with Crippen LogP contribution in [0.3, 0.4) is 0 Å². The highest BCUT2D eigenvalue weighted by Crippen LogP contribution is 2.53. The number of benzene rings is 2. The van der Waals surface area contributed by atoms with Gasteiger partial charge >= 0.3 is 17.9 Å². The van der Waals surface area contributed by atoms with Crippen molar-refractivity contribution < 1.29 is 49.4 Å². The number of thioether (sulfide) groups is 1. The van der Waals surface area contributed by atoms with E-state index in [0.29, 0.717) is 0 Å². The number of hydrogen-bond donors (Lipinski definition) is 3. The molecule has 0 aromatic heterocycles. The highest BCUT2D eigenvalue weighted by Gasteiger charge is 2.71. The summed E-state index contributed by atoms with van der Waals surface area (Å²) >= 11 is 1.50. The van der Waals surface area contributed by atoms with E-state index < -0.39 is 61.8 Å². The number of carbonyl (C=O) groups is 1. The van der Waals surface area contributed by atoms with E-state index in [2.05, 4.69) is 15.9 Å². The molecule has 0 aliphatic heterocycles. The Morgan fingerprint density at radius 2 is 1.53 bits per heavy atom. The fourth-order valence-corrected chi connectivity index (χ4v) is 3.86. The van der Waals surface area contributed by atoms with Crippen molar-refractivity contribution in [1.82, 2.24) is 0 Å². The summed E-state index contributed by atoms with van der Waals surface area (Å²) < 4.78 is 117. The molecule has 0 heterocycles. The van der Waals surface area contributed by atoms with E-state index in [1.807, 2.05) is 5.32 Å². The maximum absolute atomic E-state index is 13.2. The summed E-state index contributed by atoms with van der Waals surface area (Å²) in [4.78, 5) is 11.1. The predicted octanol–water partition coefficient (Wildman–Crippen LogP) is 6.21. The fraction of sp³-hybridized carbons (Fsp3) is 0.235. The fourth-order valence-electron chi connectivity index (χ4n) is 2.47. The van der Waals surface area contributed by atoms with Gasteiger partial charge in [0.15, 0.2) is 0 Å². The molecule has 4 N–H and O–H groups in total. The molecular formula is C17H10BrF9N2O2S. The molecule has 0 radical (unpaired) electrons. The number of nitrogens with two attached hydrogens (primary N) is 1. The largest absolute Gasteiger partial charge is 0.446 e. The third-order valence-electron chi connectivity index (χ3n) is 3.91. The third kappa shape index (κ3) is 5.43. The summed E-state index contributed by atoms with van der Waals surface area (Å²) in [5.41, 5.74) is -7.88. The van der Waals surface area contributed by atoms with Crippen LogP contribution in [0, 0.1) is 0 Å². The van der Waals surface area contributed by atoms with E-state index in [9.17, 15) is 49.4 Å². The van der Waals surface area contributed by atoms with Crippen molar-refractivity contribution in [2.45, 2.75) is 28.4 Å². The number of anilines is 2. The van der Waals surface area contributed by atoms with Crippen molar-refractivity contribution in [3.05, 3.63) is 52.0 Å². The minimum Gasteiger partial charge on any atom is -0.399 e. The minimum atomic E-state index is -6.32. The van der Waals surface area contributed by atoms with Gasteiger partial charge in [0.25, 0.3) is 11.5 Å². The number of aliphatic hydroxyl groups is 1. The molecule has 4 nitrogen and oxygen atoms in total. The van der Waals surface area contributed by atoms with Crippen LogP contribution in [0.15, 0.2) is 45.8 Å². The lowest BCUT2D eigenvalue weighted by Gasteiger charge is -2.33. The maximum atomic E-state index is 13.2. The van der Waals surface area contributed by atoms with Gasteiger partial charge in [0.05, 0.1) is 5.69 Å². The Hall–Kier alpha value is -2.13. The zero-order valence-electron chi connectivity index (χ0n) is 15.1. The quantitative estimate of drug-likeness (QED) is 0.238. The lowest BCUT2D eigenvalue weighted by Crippen LogP contribution is -2.54. The van der Waals surface area contributed by atoms with Crippen molar-refractivity contribution in [1.29, 1.82) is 0 Å². The molecule has 0 aliphatic carbocycles. The van der Waals surface area contributed by atoms with Crippen molar-refractivity contribution in [2.75, 3.05) is 11.1 Å². The molecule has 15 heteroatoms. The molecule has 32 heavy (non-hydrogen) atoms. The number of nitrogens with one attached hydrogen (secondary N) is 1. The minimum absolute atomic E-state index is 0.109. The molecule has 2 rings (SSSR count). The Morgan fingerprint density at radius 3 is 2.00 bits per heavy atom. The molecule has 0 spiro atoms. The van der Waals surface area contributed by atoms with Crippen LogP contribution in [-0.2, 0) is 5.60 Å². The number of rotatable bonds is 4. The van der Waals surface area contributed by atoms with Crippen molar-refractivity contribution in [3.63, 3.8) is 0 Å². The molecule has 0 unspecified atom stereocenters. The Labute approximate surface area is 186 Å². The van der Waals surface area contributed by atoms with E-state index in [0.717, 1.165) is 6.07 Å². The first-order valence-corrected chi connectivity index (χ1v) is 9.60. The molecule has 2 aromatic rings. The van der Waals surface area contributed by atoms with Crippen LogP contribution < -0.4 is 11.1 Å². The Balaban J connectivity index is 2.68. The van der Waals surface area contributed by atoms with Gasteiger partial charge in [-0.25, -0.2) is 0 Å². The number of halogens is 10. The SMILES string of the molecule is Nc1cccc(C(=O)Nc2c(Br)cc(C(O)(C(F)(F)F)C(F)(F)F)cc2SC(F)(F)F)c1. The van der Waals surface area contributed by atoms with Crippen molar-refractivity contribution in [3.8, 4) is 0 Å². The average Bonchev–Trinajstić information content (AvgIpc) is 2.60. The first-order valence-electron chi connectivity index (χ1n) is 7.99. The van der Waals surface area contributed by atoms with Gasteiger partial charge in [-0.05, 0) is 58.0 Å². The normalized spacial score (nSPS) is 13.2. The van der Waals surface area contributed by atoms with Gasteiger partial charge in [0.1, 0.15) is 0 Å².